The van der Waals surface area contributed by atoms with Crippen molar-refractivity contribution in [2.75, 3.05) is 33.4 Å². The van der Waals surface area contributed by atoms with Gasteiger partial charge >= 0.3 is 0 Å². The molecule has 0 saturated carbocycles. The van der Waals surface area contributed by atoms with Gasteiger partial charge in [0.1, 0.15) is 0 Å². The first-order valence-electron chi connectivity index (χ1n) is 6.23. The van der Waals surface area contributed by atoms with Crippen LogP contribution in [0.1, 0.15) is 38.5 Å². The molecular weight excluding hydrogens is 190 g/mol. The van der Waals surface area contributed by atoms with Gasteiger partial charge < -0.3 is 14.7 Å². The Hall–Kier alpha value is -0.120. The number of aliphatic hydroxyl groups is 1. The topological polar surface area (TPSA) is 32.7 Å². The third kappa shape index (κ3) is 5.50. The van der Waals surface area contributed by atoms with Crippen LogP contribution in [0.4, 0.5) is 0 Å². The lowest BCUT2D eigenvalue weighted by Gasteiger charge is -2.31. The van der Waals surface area contributed by atoms with Crippen LogP contribution in [0.3, 0.4) is 0 Å². The summed E-state index contributed by atoms with van der Waals surface area (Å²) in [6.45, 7) is 3.96. The van der Waals surface area contributed by atoms with E-state index in [0.29, 0.717) is 12.7 Å². The van der Waals surface area contributed by atoms with Gasteiger partial charge in [0.2, 0.25) is 0 Å². The number of hydrogen-bond donors (Lipinski definition) is 1. The zero-order valence-corrected chi connectivity index (χ0v) is 9.95. The molecule has 0 radical (unpaired) electrons. The Kier molecular flexibility index (Phi) is 6.98. The summed E-state index contributed by atoms with van der Waals surface area (Å²) < 4.78 is 5.34. The molecule has 1 N–H and O–H groups in total. The summed E-state index contributed by atoms with van der Waals surface area (Å²) in [4.78, 5) is 2.54. The summed E-state index contributed by atoms with van der Waals surface area (Å²) in [5.41, 5.74) is 0. The maximum atomic E-state index is 8.65. The number of hydrogen-bond acceptors (Lipinski definition) is 3. The van der Waals surface area contributed by atoms with Crippen molar-refractivity contribution in [3.8, 4) is 0 Å². The maximum absolute atomic E-state index is 8.65. The lowest BCUT2D eigenvalue weighted by Crippen LogP contribution is -2.37. The van der Waals surface area contributed by atoms with Crippen LogP contribution in [0, 0.1) is 0 Å². The monoisotopic (exact) mass is 215 g/mol. The molecule has 3 heteroatoms. The summed E-state index contributed by atoms with van der Waals surface area (Å²) in [5, 5.41) is 8.65. The molecule has 1 rings (SSSR count). The van der Waals surface area contributed by atoms with Crippen molar-refractivity contribution in [2.45, 2.75) is 44.6 Å². The zero-order valence-electron chi connectivity index (χ0n) is 9.95. The Morgan fingerprint density at radius 3 is 2.40 bits per heavy atom. The molecule has 0 aromatic carbocycles. The van der Waals surface area contributed by atoms with Crippen LogP contribution in [0.5, 0.6) is 0 Å². The number of likely N-dealkylation sites (tertiary alicyclic amines) is 1. The van der Waals surface area contributed by atoms with Gasteiger partial charge in [-0.1, -0.05) is 12.8 Å². The number of ether oxygens (including phenoxy) is 1. The lowest BCUT2D eigenvalue weighted by molar-refractivity contribution is 0.0406. The van der Waals surface area contributed by atoms with E-state index in [1.807, 2.05) is 7.11 Å². The number of rotatable bonds is 7. The standard InChI is InChI=1S/C12H25NO2/c1-15-12-6-9-13(10-7-12)8-4-2-3-5-11-14/h12,14H,2-11H2,1H3. The van der Waals surface area contributed by atoms with Crippen LogP contribution < -0.4 is 0 Å². The van der Waals surface area contributed by atoms with E-state index in [-0.39, 0.29) is 0 Å². The Balaban J connectivity index is 1.94. The zero-order chi connectivity index (χ0) is 10.9. The fraction of sp³-hybridized carbons (Fsp3) is 1.00. The highest BCUT2D eigenvalue weighted by Gasteiger charge is 2.17. The van der Waals surface area contributed by atoms with Crippen LogP contribution in [-0.4, -0.2) is 49.5 Å². The average Bonchev–Trinajstić information content (AvgIpc) is 2.30. The minimum absolute atomic E-state index is 0.346. The second-order valence-corrected chi connectivity index (χ2v) is 4.41. The molecular formula is C12H25NO2. The van der Waals surface area contributed by atoms with E-state index in [0.717, 1.165) is 6.42 Å². The second kappa shape index (κ2) is 8.08. The van der Waals surface area contributed by atoms with Crippen molar-refractivity contribution >= 4 is 0 Å². The number of piperidine rings is 1. The molecule has 0 bridgehead atoms. The smallest absolute Gasteiger partial charge is 0.0595 e. The van der Waals surface area contributed by atoms with Gasteiger partial charge in [-0.05, 0) is 32.2 Å². The van der Waals surface area contributed by atoms with Gasteiger partial charge in [-0.3, -0.25) is 0 Å². The summed E-state index contributed by atoms with van der Waals surface area (Å²) in [5.74, 6) is 0. The molecule has 0 aromatic heterocycles. The molecule has 1 heterocycles. The molecule has 0 spiro atoms. The van der Waals surface area contributed by atoms with E-state index in [1.165, 1.54) is 51.7 Å². The van der Waals surface area contributed by atoms with E-state index >= 15 is 0 Å². The molecule has 0 aromatic rings. The van der Waals surface area contributed by atoms with Crippen molar-refractivity contribution in [3.63, 3.8) is 0 Å². The molecule has 1 aliphatic rings. The molecule has 0 amide bonds. The second-order valence-electron chi connectivity index (χ2n) is 4.41. The van der Waals surface area contributed by atoms with Crippen LogP contribution in [-0.2, 0) is 4.74 Å². The SMILES string of the molecule is COC1CCN(CCCCCCO)CC1. The number of aliphatic hydroxyl groups excluding tert-OH is 1. The number of nitrogens with zero attached hydrogens (tertiary/aromatic N) is 1. The van der Waals surface area contributed by atoms with Crippen LogP contribution in [0.25, 0.3) is 0 Å². The van der Waals surface area contributed by atoms with E-state index in [1.54, 1.807) is 0 Å². The van der Waals surface area contributed by atoms with Gasteiger partial charge in [0.25, 0.3) is 0 Å². The third-order valence-corrected chi connectivity index (χ3v) is 3.25. The minimum Gasteiger partial charge on any atom is -0.396 e. The van der Waals surface area contributed by atoms with Crippen molar-refractivity contribution in [1.82, 2.24) is 4.90 Å². The molecule has 90 valence electrons. The normalized spacial score (nSPS) is 19.6. The van der Waals surface area contributed by atoms with Crippen molar-refractivity contribution < 1.29 is 9.84 Å². The predicted molar refractivity (Wildman–Crippen MR) is 62.0 cm³/mol. The van der Waals surface area contributed by atoms with Crippen molar-refractivity contribution in [3.05, 3.63) is 0 Å². The van der Waals surface area contributed by atoms with Gasteiger partial charge in [-0.2, -0.15) is 0 Å². The van der Waals surface area contributed by atoms with E-state index in [2.05, 4.69) is 4.90 Å². The lowest BCUT2D eigenvalue weighted by atomic mass is 10.1. The van der Waals surface area contributed by atoms with Crippen LogP contribution >= 0.6 is 0 Å². The van der Waals surface area contributed by atoms with Gasteiger partial charge in [-0.15, -0.1) is 0 Å². The summed E-state index contributed by atoms with van der Waals surface area (Å²) in [6.07, 6.45) is 7.54. The predicted octanol–water partition coefficient (Wildman–Crippen LogP) is 1.65. The third-order valence-electron chi connectivity index (χ3n) is 3.25. The van der Waals surface area contributed by atoms with Gasteiger partial charge in [0.05, 0.1) is 6.10 Å². The number of methoxy groups -OCH3 is 1. The maximum Gasteiger partial charge on any atom is 0.0595 e. The summed E-state index contributed by atoms with van der Waals surface area (Å²) >= 11 is 0. The molecule has 15 heavy (non-hydrogen) atoms. The van der Waals surface area contributed by atoms with Gasteiger partial charge in [0, 0.05) is 26.8 Å². The van der Waals surface area contributed by atoms with E-state index in [9.17, 15) is 0 Å². The fourth-order valence-electron chi connectivity index (χ4n) is 2.17. The highest BCUT2D eigenvalue weighted by atomic mass is 16.5. The Bertz CT molecular complexity index is 145. The quantitative estimate of drug-likeness (QED) is 0.655. The Morgan fingerprint density at radius 2 is 1.80 bits per heavy atom. The number of unbranched alkanes of at least 4 members (excludes halogenated alkanes) is 3. The summed E-state index contributed by atoms with van der Waals surface area (Å²) in [6, 6.07) is 0. The largest absolute Gasteiger partial charge is 0.396 e. The fourth-order valence-corrected chi connectivity index (χ4v) is 2.17. The van der Waals surface area contributed by atoms with Crippen LogP contribution in [0.15, 0.2) is 0 Å². The molecule has 3 nitrogen and oxygen atoms in total. The van der Waals surface area contributed by atoms with Gasteiger partial charge in [-0.25, -0.2) is 0 Å². The Labute approximate surface area is 93.4 Å². The molecule has 1 fully saturated rings. The highest BCUT2D eigenvalue weighted by Crippen LogP contribution is 2.13. The van der Waals surface area contributed by atoms with Gasteiger partial charge in [0.15, 0.2) is 0 Å². The highest BCUT2D eigenvalue weighted by molar-refractivity contribution is 4.71. The summed E-state index contributed by atoms with van der Waals surface area (Å²) in [7, 11) is 1.81. The first-order valence-corrected chi connectivity index (χ1v) is 6.23. The van der Waals surface area contributed by atoms with Crippen molar-refractivity contribution in [1.29, 1.82) is 0 Å². The molecule has 1 aliphatic heterocycles. The average molecular weight is 215 g/mol. The van der Waals surface area contributed by atoms with Crippen LogP contribution in [0.2, 0.25) is 0 Å². The minimum atomic E-state index is 0.346. The molecule has 0 unspecified atom stereocenters. The molecule has 1 saturated heterocycles. The van der Waals surface area contributed by atoms with E-state index in [4.69, 9.17) is 9.84 Å². The first-order chi connectivity index (χ1) is 7.36. The molecule has 0 atom stereocenters. The Morgan fingerprint density at radius 1 is 1.13 bits per heavy atom. The first kappa shape index (κ1) is 12.9. The molecule has 0 aliphatic carbocycles. The van der Waals surface area contributed by atoms with E-state index < -0.39 is 0 Å². The van der Waals surface area contributed by atoms with Crippen molar-refractivity contribution in [2.24, 2.45) is 0 Å².